The van der Waals surface area contributed by atoms with Crippen LogP contribution in [0.4, 0.5) is 0 Å². The molecule has 0 saturated carbocycles. The number of carbonyl (C=O) groups is 1. The van der Waals surface area contributed by atoms with E-state index < -0.39 is 0 Å². The Labute approximate surface area is 109 Å². The van der Waals surface area contributed by atoms with Crippen LogP contribution in [0.3, 0.4) is 0 Å². The van der Waals surface area contributed by atoms with Crippen LogP contribution in [0, 0.1) is 11.3 Å². The van der Waals surface area contributed by atoms with Gasteiger partial charge in [0.1, 0.15) is 0 Å². The lowest BCUT2D eigenvalue weighted by Gasteiger charge is -2.30. The zero-order chi connectivity index (χ0) is 11.8. The van der Waals surface area contributed by atoms with Crippen LogP contribution in [0.5, 0.6) is 0 Å². The Hall–Kier alpha value is -0.190. The Morgan fingerprint density at radius 3 is 2.75 bits per heavy atom. The largest absolute Gasteiger partial charge is 0.316 e. The van der Waals surface area contributed by atoms with Gasteiger partial charge < -0.3 is 5.32 Å². The molecule has 16 heavy (non-hydrogen) atoms. The van der Waals surface area contributed by atoms with Crippen molar-refractivity contribution in [2.75, 3.05) is 13.1 Å². The van der Waals surface area contributed by atoms with Crippen molar-refractivity contribution < 1.29 is 4.79 Å². The first-order valence-electron chi connectivity index (χ1n) is 5.55. The molecule has 0 amide bonds. The standard InChI is InChI=1S/C12H16BrNOS/c1-8(2)12(3-4-14-7-12)11(15)9-5-16-6-10(9)13/h5-6,8,14H,3-4,7H2,1-2H3. The van der Waals surface area contributed by atoms with Crippen LogP contribution in [0.1, 0.15) is 30.6 Å². The Morgan fingerprint density at radius 2 is 2.31 bits per heavy atom. The highest BCUT2D eigenvalue weighted by Crippen LogP contribution is 2.39. The molecule has 1 aliphatic heterocycles. The highest BCUT2D eigenvalue weighted by Gasteiger charge is 2.44. The van der Waals surface area contributed by atoms with E-state index in [1.807, 2.05) is 10.8 Å². The van der Waals surface area contributed by atoms with Crippen molar-refractivity contribution in [1.29, 1.82) is 0 Å². The van der Waals surface area contributed by atoms with Crippen LogP contribution >= 0.6 is 27.3 Å². The molecule has 1 aliphatic rings. The number of halogens is 1. The predicted molar refractivity (Wildman–Crippen MR) is 71.1 cm³/mol. The van der Waals surface area contributed by atoms with Crippen LogP contribution in [-0.2, 0) is 0 Å². The van der Waals surface area contributed by atoms with Crippen LogP contribution < -0.4 is 5.32 Å². The zero-order valence-electron chi connectivity index (χ0n) is 9.55. The van der Waals surface area contributed by atoms with Gasteiger partial charge in [0.05, 0.1) is 0 Å². The summed E-state index contributed by atoms with van der Waals surface area (Å²) in [6, 6.07) is 0. The van der Waals surface area contributed by atoms with Crippen LogP contribution in [0.15, 0.2) is 15.2 Å². The third-order valence-electron chi connectivity index (χ3n) is 3.61. The molecule has 1 aromatic rings. The molecular weight excluding hydrogens is 286 g/mol. The average Bonchev–Trinajstić information content (AvgIpc) is 2.85. The lowest BCUT2D eigenvalue weighted by atomic mass is 9.71. The lowest BCUT2D eigenvalue weighted by molar-refractivity contribution is 0.0739. The van der Waals surface area contributed by atoms with Gasteiger partial charge >= 0.3 is 0 Å². The number of nitrogens with one attached hydrogen (secondary N) is 1. The number of Topliss-reactive ketones (excluding diaryl/α,β-unsaturated/α-hetero) is 1. The molecule has 0 aromatic carbocycles. The fourth-order valence-electron chi connectivity index (χ4n) is 2.37. The maximum absolute atomic E-state index is 12.6. The van der Waals surface area contributed by atoms with Crippen molar-refractivity contribution in [3.8, 4) is 0 Å². The van der Waals surface area contributed by atoms with Gasteiger partial charge in [-0.2, -0.15) is 11.3 Å². The van der Waals surface area contributed by atoms with Gasteiger partial charge in [-0.15, -0.1) is 0 Å². The quantitative estimate of drug-likeness (QED) is 0.868. The molecule has 1 fully saturated rings. The number of rotatable bonds is 3. The van der Waals surface area contributed by atoms with Crippen molar-refractivity contribution in [3.05, 3.63) is 20.8 Å². The normalized spacial score (nSPS) is 25.2. The summed E-state index contributed by atoms with van der Waals surface area (Å²) >= 11 is 5.03. The van der Waals surface area contributed by atoms with E-state index in [1.165, 1.54) is 0 Å². The Bertz CT molecular complexity index is 393. The molecule has 0 bridgehead atoms. The van der Waals surface area contributed by atoms with Gasteiger partial charge in [-0.1, -0.05) is 13.8 Å². The molecule has 4 heteroatoms. The molecule has 2 rings (SSSR count). The number of thiophene rings is 1. The second-order valence-corrected chi connectivity index (χ2v) is 6.30. The fourth-order valence-corrected chi connectivity index (χ4v) is 3.83. The SMILES string of the molecule is CC(C)C1(C(=O)c2cscc2Br)CCNC1. The monoisotopic (exact) mass is 301 g/mol. The second kappa shape index (κ2) is 4.59. The van der Waals surface area contributed by atoms with Gasteiger partial charge in [0.25, 0.3) is 0 Å². The second-order valence-electron chi connectivity index (χ2n) is 4.70. The molecular formula is C12H16BrNOS. The molecule has 2 nitrogen and oxygen atoms in total. The summed E-state index contributed by atoms with van der Waals surface area (Å²) in [5.74, 6) is 0.669. The molecule has 0 spiro atoms. The van der Waals surface area contributed by atoms with E-state index in [-0.39, 0.29) is 5.41 Å². The van der Waals surface area contributed by atoms with Gasteiger partial charge in [-0.25, -0.2) is 0 Å². The molecule has 1 unspecified atom stereocenters. The molecule has 1 aromatic heterocycles. The lowest BCUT2D eigenvalue weighted by Crippen LogP contribution is -2.38. The summed E-state index contributed by atoms with van der Waals surface area (Å²) in [6.07, 6.45) is 0.950. The van der Waals surface area contributed by atoms with Crippen molar-refractivity contribution in [3.63, 3.8) is 0 Å². The molecule has 1 saturated heterocycles. The molecule has 0 aliphatic carbocycles. The first-order valence-corrected chi connectivity index (χ1v) is 7.29. The van der Waals surface area contributed by atoms with Crippen LogP contribution in [0.25, 0.3) is 0 Å². The van der Waals surface area contributed by atoms with E-state index in [2.05, 4.69) is 35.1 Å². The molecule has 2 heterocycles. The summed E-state index contributed by atoms with van der Waals surface area (Å²) in [6.45, 7) is 6.05. The fraction of sp³-hybridized carbons (Fsp3) is 0.583. The minimum Gasteiger partial charge on any atom is -0.316 e. The van der Waals surface area contributed by atoms with E-state index in [1.54, 1.807) is 11.3 Å². The van der Waals surface area contributed by atoms with E-state index in [0.29, 0.717) is 11.7 Å². The van der Waals surface area contributed by atoms with Gasteiger partial charge in [0, 0.05) is 32.8 Å². The Morgan fingerprint density at radius 1 is 1.56 bits per heavy atom. The van der Waals surface area contributed by atoms with Crippen molar-refractivity contribution in [2.45, 2.75) is 20.3 Å². The van der Waals surface area contributed by atoms with Crippen molar-refractivity contribution in [2.24, 2.45) is 11.3 Å². The van der Waals surface area contributed by atoms with Gasteiger partial charge in [0.2, 0.25) is 0 Å². The zero-order valence-corrected chi connectivity index (χ0v) is 12.0. The highest BCUT2D eigenvalue weighted by molar-refractivity contribution is 9.10. The summed E-state index contributed by atoms with van der Waals surface area (Å²) in [5.41, 5.74) is 0.645. The number of hydrogen-bond donors (Lipinski definition) is 1. The number of hydrogen-bond acceptors (Lipinski definition) is 3. The Kier molecular flexibility index (Phi) is 3.52. The van der Waals surface area contributed by atoms with Gasteiger partial charge in [-0.3, -0.25) is 4.79 Å². The summed E-state index contributed by atoms with van der Waals surface area (Å²) in [5, 5.41) is 7.25. The minimum absolute atomic E-state index is 0.205. The number of carbonyl (C=O) groups excluding carboxylic acids is 1. The topological polar surface area (TPSA) is 29.1 Å². The van der Waals surface area contributed by atoms with E-state index in [4.69, 9.17) is 0 Å². The van der Waals surface area contributed by atoms with Gasteiger partial charge in [0.15, 0.2) is 5.78 Å². The number of ketones is 1. The van der Waals surface area contributed by atoms with Crippen LogP contribution in [0.2, 0.25) is 0 Å². The summed E-state index contributed by atoms with van der Waals surface area (Å²) in [4.78, 5) is 12.6. The third kappa shape index (κ3) is 1.87. The first kappa shape index (κ1) is 12.3. The van der Waals surface area contributed by atoms with E-state index in [9.17, 15) is 4.79 Å². The maximum Gasteiger partial charge on any atom is 0.172 e. The van der Waals surface area contributed by atoms with Crippen LogP contribution in [-0.4, -0.2) is 18.9 Å². The summed E-state index contributed by atoms with van der Waals surface area (Å²) in [7, 11) is 0. The minimum atomic E-state index is -0.205. The van der Waals surface area contributed by atoms with E-state index in [0.717, 1.165) is 29.5 Å². The predicted octanol–water partition coefficient (Wildman–Crippen LogP) is 3.33. The molecule has 1 atom stereocenters. The van der Waals surface area contributed by atoms with Gasteiger partial charge in [-0.05, 0) is 34.8 Å². The van der Waals surface area contributed by atoms with Crippen molar-refractivity contribution in [1.82, 2.24) is 5.32 Å². The molecule has 88 valence electrons. The van der Waals surface area contributed by atoms with Crippen molar-refractivity contribution >= 4 is 33.0 Å². The third-order valence-corrected chi connectivity index (χ3v) is 5.31. The Balaban J connectivity index is 2.35. The first-order chi connectivity index (χ1) is 7.58. The summed E-state index contributed by atoms with van der Waals surface area (Å²) < 4.78 is 0.939. The maximum atomic E-state index is 12.6. The smallest absolute Gasteiger partial charge is 0.172 e. The molecule has 1 N–H and O–H groups in total. The molecule has 0 radical (unpaired) electrons. The average molecular weight is 302 g/mol. The highest BCUT2D eigenvalue weighted by atomic mass is 79.9. The van der Waals surface area contributed by atoms with E-state index >= 15 is 0 Å².